The van der Waals surface area contributed by atoms with Crippen LogP contribution >= 0.6 is 15.9 Å². The molecule has 0 aliphatic carbocycles. The van der Waals surface area contributed by atoms with Gasteiger partial charge >= 0.3 is 0 Å². The Balaban J connectivity index is 2.04. The van der Waals surface area contributed by atoms with Gasteiger partial charge in [-0.1, -0.05) is 34.1 Å². The lowest BCUT2D eigenvalue weighted by Gasteiger charge is -2.31. The molecule has 0 atom stereocenters. The Morgan fingerprint density at radius 1 is 1.05 bits per heavy atom. The zero-order chi connectivity index (χ0) is 14.3. The predicted octanol–water partition coefficient (Wildman–Crippen LogP) is 4.86. The molecule has 102 valence electrons. The number of benzene rings is 2. The molecule has 0 aromatic heterocycles. The number of ketones is 1. The maximum absolute atomic E-state index is 12.3. The Bertz CT molecular complexity index is 672. The smallest absolute Gasteiger partial charge is 0.170 e. The number of ether oxygens (including phenoxy) is 1. The highest BCUT2D eigenvalue weighted by molar-refractivity contribution is 9.10. The molecule has 2 nitrogen and oxygen atoms in total. The van der Waals surface area contributed by atoms with Gasteiger partial charge in [-0.3, -0.25) is 4.79 Å². The van der Waals surface area contributed by atoms with Gasteiger partial charge in [0.1, 0.15) is 11.4 Å². The van der Waals surface area contributed by atoms with Gasteiger partial charge in [0.05, 0.1) is 12.0 Å². The van der Waals surface area contributed by atoms with Gasteiger partial charge in [-0.05, 0) is 49.2 Å². The third-order valence-electron chi connectivity index (χ3n) is 3.43. The molecule has 0 fully saturated rings. The molecule has 0 unspecified atom stereocenters. The van der Waals surface area contributed by atoms with Gasteiger partial charge in [-0.25, -0.2) is 0 Å². The zero-order valence-electron chi connectivity index (χ0n) is 11.4. The van der Waals surface area contributed by atoms with Crippen molar-refractivity contribution in [1.29, 1.82) is 0 Å². The number of Topliss-reactive ketones (excluding diaryl/α,β-unsaturated/α-hetero) is 1. The van der Waals surface area contributed by atoms with E-state index in [1.807, 2.05) is 56.3 Å². The lowest BCUT2D eigenvalue weighted by atomic mass is 9.91. The Hall–Kier alpha value is -1.61. The van der Waals surface area contributed by atoms with E-state index in [9.17, 15) is 4.79 Å². The van der Waals surface area contributed by atoms with Gasteiger partial charge in [-0.2, -0.15) is 0 Å². The SMILES string of the molecule is CC1(C)CC(=O)c2cc(-c3ccc(Br)cc3)ccc2O1. The molecule has 0 spiro atoms. The lowest BCUT2D eigenvalue weighted by molar-refractivity contribution is 0.0620. The van der Waals surface area contributed by atoms with Crippen LogP contribution in [0.25, 0.3) is 11.1 Å². The molecule has 2 aromatic carbocycles. The quantitative estimate of drug-likeness (QED) is 0.746. The van der Waals surface area contributed by atoms with Gasteiger partial charge in [-0.15, -0.1) is 0 Å². The molecule has 1 heterocycles. The standard InChI is InChI=1S/C17H15BrO2/c1-17(2)10-15(19)14-9-12(5-8-16(14)20-17)11-3-6-13(18)7-4-11/h3-9H,10H2,1-2H3. The first-order valence-corrected chi connectivity index (χ1v) is 7.36. The van der Waals surface area contributed by atoms with Gasteiger partial charge in [0.25, 0.3) is 0 Å². The molecule has 0 N–H and O–H groups in total. The summed E-state index contributed by atoms with van der Waals surface area (Å²) in [5.41, 5.74) is 2.40. The van der Waals surface area contributed by atoms with Gasteiger partial charge in [0, 0.05) is 4.47 Å². The number of carbonyl (C=O) groups excluding carboxylic acids is 1. The van der Waals surface area contributed by atoms with Crippen molar-refractivity contribution in [3.63, 3.8) is 0 Å². The van der Waals surface area contributed by atoms with E-state index in [-0.39, 0.29) is 5.78 Å². The minimum Gasteiger partial charge on any atom is -0.487 e. The first kappa shape index (κ1) is 13.4. The molecule has 0 saturated carbocycles. The van der Waals surface area contributed by atoms with Crippen molar-refractivity contribution in [1.82, 2.24) is 0 Å². The van der Waals surface area contributed by atoms with E-state index < -0.39 is 5.60 Å². The fourth-order valence-corrected chi connectivity index (χ4v) is 2.74. The Kier molecular flexibility index (Phi) is 3.17. The van der Waals surface area contributed by atoms with Crippen molar-refractivity contribution < 1.29 is 9.53 Å². The summed E-state index contributed by atoms with van der Waals surface area (Å²) in [4.78, 5) is 12.3. The van der Waals surface area contributed by atoms with Crippen molar-refractivity contribution in [2.45, 2.75) is 25.9 Å². The Morgan fingerprint density at radius 3 is 2.40 bits per heavy atom. The van der Waals surface area contributed by atoms with Crippen LogP contribution in [0.3, 0.4) is 0 Å². The van der Waals surface area contributed by atoms with Gasteiger partial charge < -0.3 is 4.74 Å². The maximum atomic E-state index is 12.3. The van der Waals surface area contributed by atoms with E-state index in [0.717, 1.165) is 15.6 Å². The van der Waals surface area contributed by atoms with E-state index in [4.69, 9.17) is 4.74 Å². The summed E-state index contributed by atoms with van der Waals surface area (Å²) in [5, 5.41) is 0. The fourth-order valence-electron chi connectivity index (χ4n) is 2.47. The topological polar surface area (TPSA) is 26.3 Å². The molecule has 1 aliphatic heterocycles. The highest BCUT2D eigenvalue weighted by Crippen LogP contribution is 2.35. The van der Waals surface area contributed by atoms with E-state index in [2.05, 4.69) is 15.9 Å². The molecule has 0 bridgehead atoms. The van der Waals surface area contributed by atoms with Crippen molar-refractivity contribution in [2.75, 3.05) is 0 Å². The van der Waals surface area contributed by atoms with Crippen LogP contribution in [0, 0.1) is 0 Å². The highest BCUT2D eigenvalue weighted by Gasteiger charge is 2.32. The summed E-state index contributed by atoms with van der Waals surface area (Å²) >= 11 is 3.43. The number of fused-ring (bicyclic) bond motifs is 1. The second kappa shape index (κ2) is 4.74. The normalized spacial score (nSPS) is 16.4. The third kappa shape index (κ3) is 2.50. The summed E-state index contributed by atoms with van der Waals surface area (Å²) in [5.74, 6) is 0.835. The van der Waals surface area contributed by atoms with E-state index in [1.165, 1.54) is 0 Å². The third-order valence-corrected chi connectivity index (χ3v) is 3.96. The van der Waals surface area contributed by atoms with Crippen LogP contribution in [0.15, 0.2) is 46.9 Å². The monoisotopic (exact) mass is 330 g/mol. The minimum absolute atomic E-state index is 0.148. The van der Waals surface area contributed by atoms with Crippen LogP contribution in [0.4, 0.5) is 0 Å². The summed E-state index contributed by atoms with van der Waals surface area (Å²) < 4.78 is 6.91. The Labute approximate surface area is 126 Å². The molecule has 1 aliphatic rings. The molecular formula is C17H15BrO2. The van der Waals surface area contributed by atoms with Crippen molar-refractivity contribution in [3.05, 3.63) is 52.5 Å². The number of halogens is 1. The van der Waals surface area contributed by atoms with E-state index >= 15 is 0 Å². The van der Waals surface area contributed by atoms with Crippen LogP contribution in [-0.4, -0.2) is 11.4 Å². The Morgan fingerprint density at radius 2 is 1.70 bits per heavy atom. The fraction of sp³-hybridized carbons (Fsp3) is 0.235. The number of hydrogen-bond donors (Lipinski definition) is 0. The molecule has 0 saturated heterocycles. The molecule has 3 heteroatoms. The zero-order valence-corrected chi connectivity index (χ0v) is 13.0. The van der Waals surface area contributed by atoms with Crippen LogP contribution in [0.1, 0.15) is 30.6 Å². The van der Waals surface area contributed by atoms with Crippen LogP contribution in [-0.2, 0) is 0 Å². The summed E-state index contributed by atoms with van der Waals surface area (Å²) in [6, 6.07) is 13.9. The van der Waals surface area contributed by atoms with Gasteiger partial charge in [0.2, 0.25) is 0 Å². The highest BCUT2D eigenvalue weighted by atomic mass is 79.9. The summed E-state index contributed by atoms with van der Waals surface area (Å²) in [6.07, 6.45) is 0.420. The lowest BCUT2D eigenvalue weighted by Crippen LogP contribution is -2.35. The van der Waals surface area contributed by atoms with E-state index in [0.29, 0.717) is 17.7 Å². The number of hydrogen-bond acceptors (Lipinski definition) is 2. The first-order chi connectivity index (χ1) is 9.44. The molecule has 0 amide bonds. The second-order valence-electron chi connectivity index (χ2n) is 5.68. The van der Waals surface area contributed by atoms with E-state index in [1.54, 1.807) is 0 Å². The largest absolute Gasteiger partial charge is 0.487 e. The average molecular weight is 331 g/mol. The first-order valence-electron chi connectivity index (χ1n) is 6.57. The second-order valence-corrected chi connectivity index (χ2v) is 6.60. The molecule has 2 aromatic rings. The van der Waals surface area contributed by atoms with Crippen molar-refractivity contribution >= 4 is 21.7 Å². The van der Waals surface area contributed by atoms with Crippen LogP contribution in [0.2, 0.25) is 0 Å². The van der Waals surface area contributed by atoms with Crippen LogP contribution in [0.5, 0.6) is 5.75 Å². The van der Waals surface area contributed by atoms with Crippen molar-refractivity contribution in [3.8, 4) is 16.9 Å². The molecular weight excluding hydrogens is 316 g/mol. The van der Waals surface area contributed by atoms with Crippen molar-refractivity contribution in [2.24, 2.45) is 0 Å². The maximum Gasteiger partial charge on any atom is 0.170 e. The summed E-state index contributed by atoms with van der Waals surface area (Å²) in [6.45, 7) is 3.88. The summed E-state index contributed by atoms with van der Waals surface area (Å²) in [7, 11) is 0. The minimum atomic E-state index is -0.413. The molecule has 20 heavy (non-hydrogen) atoms. The van der Waals surface area contributed by atoms with Gasteiger partial charge in [0.15, 0.2) is 5.78 Å². The molecule has 3 rings (SSSR count). The number of rotatable bonds is 1. The number of carbonyl (C=O) groups is 1. The molecule has 0 radical (unpaired) electrons. The van der Waals surface area contributed by atoms with Crippen LogP contribution < -0.4 is 4.74 Å². The average Bonchev–Trinajstić information content (AvgIpc) is 2.38. The predicted molar refractivity (Wildman–Crippen MR) is 83.2 cm³/mol.